The van der Waals surface area contributed by atoms with E-state index >= 15 is 0 Å². The Morgan fingerprint density at radius 2 is 2.14 bits per heavy atom. The molecule has 1 aliphatic heterocycles. The van der Waals surface area contributed by atoms with E-state index in [0.717, 1.165) is 11.4 Å². The van der Waals surface area contributed by atoms with Crippen LogP contribution in [0.2, 0.25) is 0 Å². The molecule has 0 amide bonds. The van der Waals surface area contributed by atoms with E-state index in [0.29, 0.717) is 16.5 Å². The van der Waals surface area contributed by atoms with Gasteiger partial charge in [-0.3, -0.25) is 0 Å². The highest BCUT2D eigenvalue weighted by Gasteiger charge is 2.47. The SMILES string of the molecule is COc1ccc2c(c1)NC(CSC)(C(=O)OC(C)C)C(=S)N2. The van der Waals surface area contributed by atoms with E-state index in [1.807, 2.05) is 38.3 Å². The van der Waals surface area contributed by atoms with Gasteiger partial charge in [0.2, 0.25) is 0 Å². The molecule has 0 radical (unpaired) electrons. The Morgan fingerprint density at radius 1 is 1.41 bits per heavy atom. The number of anilines is 2. The summed E-state index contributed by atoms with van der Waals surface area (Å²) in [5.74, 6) is 0.806. The molecule has 1 unspecified atom stereocenters. The first-order chi connectivity index (χ1) is 10.4. The summed E-state index contributed by atoms with van der Waals surface area (Å²) in [6, 6.07) is 5.54. The van der Waals surface area contributed by atoms with Crippen molar-refractivity contribution in [3.05, 3.63) is 18.2 Å². The van der Waals surface area contributed by atoms with Gasteiger partial charge < -0.3 is 20.1 Å². The minimum absolute atomic E-state index is 0.206. The second kappa shape index (κ2) is 6.75. The number of carbonyl (C=O) groups is 1. The summed E-state index contributed by atoms with van der Waals surface area (Å²) in [6.07, 6.45) is 1.72. The van der Waals surface area contributed by atoms with Crippen LogP contribution in [0.3, 0.4) is 0 Å². The molecule has 0 saturated carbocycles. The summed E-state index contributed by atoms with van der Waals surface area (Å²) < 4.78 is 10.7. The Labute approximate surface area is 140 Å². The van der Waals surface area contributed by atoms with Gasteiger partial charge in [0, 0.05) is 11.8 Å². The number of thioether (sulfide) groups is 1. The van der Waals surface area contributed by atoms with Crippen LogP contribution in [-0.2, 0) is 9.53 Å². The van der Waals surface area contributed by atoms with Crippen LogP contribution in [0.25, 0.3) is 0 Å². The highest BCUT2D eigenvalue weighted by molar-refractivity contribution is 7.98. The van der Waals surface area contributed by atoms with Gasteiger partial charge in [-0.1, -0.05) is 12.2 Å². The van der Waals surface area contributed by atoms with Crippen LogP contribution in [0.4, 0.5) is 11.4 Å². The first-order valence-corrected chi connectivity index (χ1v) is 8.71. The number of esters is 1. The summed E-state index contributed by atoms with van der Waals surface area (Å²) in [5, 5.41) is 6.40. The molecule has 0 fully saturated rings. The molecule has 1 atom stereocenters. The first-order valence-electron chi connectivity index (χ1n) is 6.90. The topological polar surface area (TPSA) is 59.6 Å². The third kappa shape index (κ3) is 3.15. The predicted molar refractivity (Wildman–Crippen MR) is 95.2 cm³/mol. The van der Waals surface area contributed by atoms with E-state index in [4.69, 9.17) is 21.7 Å². The van der Waals surface area contributed by atoms with Crippen molar-refractivity contribution in [1.29, 1.82) is 0 Å². The fourth-order valence-corrected chi connectivity index (χ4v) is 3.39. The number of benzene rings is 1. The second-order valence-electron chi connectivity index (χ2n) is 5.28. The number of fused-ring (bicyclic) bond motifs is 1. The lowest BCUT2D eigenvalue weighted by Crippen LogP contribution is -2.60. The molecular weight excluding hydrogens is 320 g/mol. The van der Waals surface area contributed by atoms with Crippen molar-refractivity contribution in [2.24, 2.45) is 0 Å². The number of methoxy groups -OCH3 is 1. The molecule has 1 aromatic rings. The molecule has 0 aliphatic carbocycles. The molecule has 22 heavy (non-hydrogen) atoms. The summed E-state index contributed by atoms with van der Waals surface area (Å²) in [7, 11) is 1.60. The zero-order valence-electron chi connectivity index (χ0n) is 13.1. The third-order valence-electron chi connectivity index (χ3n) is 3.26. The Hall–Kier alpha value is -1.47. The van der Waals surface area contributed by atoms with E-state index < -0.39 is 5.54 Å². The van der Waals surface area contributed by atoms with Crippen LogP contribution >= 0.6 is 24.0 Å². The standard InChI is InChI=1S/C15H20N2O3S2/c1-9(2)20-14(18)15(8-22-4)13(21)16-11-6-5-10(19-3)7-12(11)17-15/h5-7,9,17H,8H2,1-4H3,(H,16,21). The summed E-state index contributed by atoms with van der Waals surface area (Å²) >= 11 is 6.98. The Balaban J connectivity index is 2.41. The molecule has 0 saturated heterocycles. The van der Waals surface area contributed by atoms with Crippen LogP contribution in [0.1, 0.15) is 13.8 Å². The molecule has 2 rings (SSSR count). The largest absolute Gasteiger partial charge is 0.497 e. The molecule has 1 heterocycles. The van der Waals surface area contributed by atoms with E-state index in [1.165, 1.54) is 11.8 Å². The van der Waals surface area contributed by atoms with Gasteiger partial charge in [-0.05, 0) is 32.2 Å². The molecule has 2 N–H and O–H groups in total. The Morgan fingerprint density at radius 3 is 2.73 bits per heavy atom. The van der Waals surface area contributed by atoms with E-state index in [1.54, 1.807) is 7.11 Å². The van der Waals surface area contributed by atoms with Gasteiger partial charge >= 0.3 is 5.97 Å². The quantitative estimate of drug-likeness (QED) is 0.631. The van der Waals surface area contributed by atoms with Crippen LogP contribution in [0, 0.1) is 0 Å². The summed E-state index contributed by atoms with van der Waals surface area (Å²) in [5.41, 5.74) is 0.515. The fourth-order valence-electron chi connectivity index (χ4n) is 2.21. The lowest BCUT2D eigenvalue weighted by molar-refractivity contribution is -0.149. The average molecular weight is 340 g/mol. The molecule has 120 valence electrons. The summed E-state index contributed by atoms with van der Waals surface area (Å²) in [4.78, 5) is 13.1. The average Bonchev–Trinajstić information content (AvgIpc) is 2.47. The lowest BCUT2D eigenvalue weighted by atomic mass is 9.97. The van der Waals surface area contributed by atoms with Gasteiger partial charge in [0.15, 0.2) is 5.54 Å². The Kier molecular flexibility index (Phi) is 5.18. The zero-order chi connectivity index (χ0) is 16.3. The van der Waals surface area contributed by atoms with Crippen molar-refractivity contribution in [3.8, 4) is 5.75 Å². The third-order valence-corrected chi connectivity index (χ3v) is 4.43. The van der Waals surface area contributed by atoms with Crippen molar-refractivity contribution in [2.75, 3.05) is 29.8 Å². The van der Waals surface area contributed by atoms with Gasteiger partial charge in [-0.2, -0.15) is 11.8 Å². The molecule has 1 aliphatic rings. The maximum Gasteiger partial charge on any atom is 0.340 e. The Bertz CT molecular complexity index is 592. The number of hydrogen-bond acceptors (Lipinski definition) is 6. The van der Waals surface area contributed by atoms with Gasteiger partial charge in [-0.15, -0.1) is 0 Å². The lowest BCUT2D eigenvalue weighted by Gasteiger charge is -2.38. The van der Waals surface area contributed by atoms with Crippen molar-refractivity contribution in [1.82, 2.24) is 0 Å². The van der Waals surface area contributed by atoms with Crippen molar-refractivity contribution >= 4 is 46.3 Å². The van der Waals surface area contributed by atoms with Gasteiger partial charge in [0.05, 0.1) is 24.6 Å². The number of hydrogen-bond donors (Lipinski definition) is 2. The maximum atomic E-state index is 12.6. The van der Waals surface area contributed by atoms with Crippen molar-refractivity contribution < 1.29 is 14.3 Å². The predicted octanol–water partition coefficient (Wildman–Crippen LogP) is 2.91. The van der Waals surface area contributed by atoms with Crippen molar-refractivity contribution in [3.63, 3.8) is 0 Å². The molecule has 7 heteroatoms. The van der Waals surface area contributed by atoms with Gasteiger partial charge in [-0.25, -0.2) is 4.79 Å². The molecule has 0 aromatic heterocycles. The number of ether oxygens (including phenoxy) is 2. The normalized spacial score (nSPS) is 20.0. The molecule has 0 bridgehead atoms. The zero-order valence-corrected chi connectivity index (χ0v) is 14.7. The second-order valence-corrected chi connectivity index (χ2v) is 6.56. The monoisotopic (exact) mass is 340 g/mol. The first kappa shape index (κ1) is 16.9. The number of carbonyl (C=O) groups excluding carboxylic acids is 1. The minimum Gasteiger partial charge on any atom is -0.497 e. The smallest absolute Gasteiger partial charge is 0.340 e. The van der Waals surface area contributed by atoms with Crippen LogP contribution in [0.15, 0.2) is 18.2 Å². The van der Waals surface area contributed by atoms with Gasteiger partial charge in [0.25, 0.3) is 0 Å². The maximum absolute atomic E-state index is 12.6. The number of thiocarbonyl (C=S) groups is 1. The van der Waals surface area contributed by atoms with Crippen LogP contribution in [0.5, 0.6) is 5.75 Å². The molecule has 1 aromatic carbocycles. The fraction of sp³-hybridized carbons (Fsp3) is 0.467. The molecule has 0 spiro atoms. The van der Waals surface area contributed by atoms with E-state index in [2.05, 4.69) is 10.6 Å². The summed E-state index contributed by atoms with van der Waals surface area (Å²) in [6.45, 7) is 3.64. The van der Waals surface area contributed by atoms with Crippen LogP contribution < -0.4 is 15.4 Å². The highest BCUT2D eigenvalue weighted by atomic mass is 32.2. The van der Waals surface area contributed by atoms with E-state index in [-0.39, 0.29) is 12.1 Å². The number of nitrogens with one attached hydrogen (secondary N) is 2. The molecule has 5 nitrogen and oxygen atoms in total. The van der Waals surface area contributed by atoms with Gasteiger partial charge in [0.1, 0.15) is 10.7 Å². The molecular formula is C15H20N2O3S2. The van der Waals surface area contributed by atoms with E-state index in [9.17, 15) is 4.79 Å². The minimum atomic E-state index is -1.07. The van der Waals surface area contributed by atoms with Crippen molar-refractivity contribution in [2.45, 2.75) is 25.5 Å². The highest BCUT2D eigenvalue weighted by Crippen LogP contribution is 2.36. The number of rotatable bonds is 5. The van der Waals surface area contributed by atoms with Crippen LogP contribution in [-0.4, -0.2) is 41.7 Å².